The van der Waals surface area contributed by atoms with E-state index in [4.69, 9.17) is 18.0 Å². The van der Waals surface area contributed by atoms with Crippen LogP contribution in [0.25, 0.3) is 0 Å². The lowest BCUT2D eigenvalue weighted by Crippen LogP contribution is -2.20. The Hall–Kier alpha value is -1.49. The maximum absolute atomic E-state index is 5.67. The number of pyridine rings is 1. The summed E-state index contributed by atoms with van der Waals surface area (Å²) in [6.45, 7) is 0. The van der Waals surface area contributed by atoms with Gasteiger partial charge in [0, 0.05) is 25.0 Å². The fraction of sp³-hybridized carbons (Fsp3) is 0.125. The normalized spacial score (nSPS) is 11.0. The maximum Gasteiger partial charge on any atom is 0.194 e. The summed E-state index contributed by atoms with van der Waals surface area (Å²) >= 11 is 4.84. The van der Waals surface area contributed by atoms with E-state index in [1.165, 1.54) is 0 Å². The van der Waals surface area contributed by atoms with Gasteiger partial charge in [-0.05, 0) is 24.4 Å². The number of nitrogens with zero attached hydrogens (tertiary/aromatic N) is 2. The Morgan fingerprint density at radius 2 is 2.15 bits per heavy atom. The molecule has 0 saturated carbocycles. The molecule has 5 heteroatoms. The highest BCUT2D eigenvalue weighted by atomic mass is 32.1. The van der Waals surface area contributed by atoms with Crippen molar-refractivity contribution in [1.82, 2.24) is 10.3 Å². The molecule has 1 heterocycles. The third kappa shape index (κ3) is 2.79. The summed E-state index contributed by atoms with van der Waals surface area (Å²) in [6, 6.07) is 3.55. The highest BCUT2D eigenvalue weighted by Crippen LogP contribution is 1.95. The van der Waals surface area contributed by atoms with Gasteiger partial charge >= 0.3 is 0 Å². The predicted molar refractivity (Wildman–Crippen MR) is 56.6 cm³/mol. The summed E-state index contributed by atoms with van der Waals surface area (Å²) in [7, 11) is 1.70. The Kier molecular flexibility index (Phi) is 3.33. The van der Waals surface area contributed by atoms with Crippen molar-refractivity contribution in [2.24, 2.45) is 10.7 Å². The molecule has 3 N–H and O–H groups in total. The fourth-order valence-electron chi connectivity index (χ4n) is 0.753. The van der Waals surface area contributed by atoms with E-state index < -0.39 is 0 Å². The summed E-state index contributed by atoms with van der Waals surface area (Å²) in [6.07, 6.45) is 3.31. The maximum atomic E-state index is 5.67. The largest absolute Gasteiger partial charge is 0.383 e. The molecular weight excluding hydrogens is 184 g/mol. The highest BCUT2D eigenvalue weighted by molar-refractivity contribution is 7.80. The molecule has 0 amide bonds. The number of nitrogens with two attached hydrogens (primary N) is 1. The Morgan fingerprint density at radius 1 is 1.54 bits per heavy atom. The van der Waals surface area contributed by atoms with E-state index in [0.717, 1.165) is 5.56 Å². The van der Waals surface area contributed by atoms with Crippen molar-refractivity contribution >= 4 is 23.2 Å². The average molecular weight is 194 g/mol. The molecule has 0 fully saturated rings. The molecule has 0 aliphatic rings. The second-order valence-corrected chi connectivity index (χ2v) is 2.67. The molecule has 0 unspecified atom stereocenters. The van der Waals surface area contributed by atoms with Crippen LogP contribution in [0, 0.1) is 0 Å². The molecule has 0 aliphatic carbocycles. The van der Waals surface area contributed by atoms with Gasteiger partial charge in [0.15, 0.2) is 5.11 Å². The Bertz CT molecular complexity index is 320. The van der Waals surface area contributed by atoms with Crippen LogP contribution in [0.5, 0.6) is 0 Å². The van der Waals surface area contributed by atoms with Gasteiger partial charge in [-0.1, -0.05) is 0 Å². The van der Waals surface area contributed by atoms with Crippen molar-refractivity contribution < 1.29 is 0 Å². The average Bonchev–Trinajstić information content (AvgIpc) is 2.19. The lowest BCUT2D eigenvalue weighted by Gasteiger charge is -2.00. The molecule has 0 saturated heterocycles. The Labute approximate surface area is 81.9 Å². The molecule has 13 heavy (non-hydrogen) atoms. The van der Waals surface area contributed by atoms with Crippen molar-refractivity contribution in [3.05, 3.63) is 30.1 Å². The van der Waals surface area contributed by atoms with Crippen LogP contribution in [0.15, 0.2) is 29.5 Å². The first-order valence-corrected chi connectivity index (χ1v) is 4.11. The van der Waals surface area contributed by atoms with E-state index in [1.807, 2.05) is 0 Å². The third-order valence-corrected chi connectivity index (χ3v) is 1.71. The lowest BCUT2D eigenvalue weighted by molar-refractivity contribution is 1.18. The summed E-state index contributed by atoms with van der Waals surface area (Å²) < 4.78 is 0. The first-order valence-electron chi connectivity index (χ1n) is 3.70. The molecule has 0 aromatic carbocycles. The molecule has 4 nitrogen and oxygen atoms in total. The summed E-state index contributed by atoms with van der Waals surface area (Å²) in [5, 5.41) is 3.08. The third-order valence-electron chi connectivity index (χ3n) is 1.41. The van der Waals surface area contributed by atoms with Crippen molar-refractivity contribution in [1.29, 1.82) is 0 Å². The molecular formula is C8H10N4S. The number of hydrogen-bond donors (Lipinski definition) is 2. The second-order valence-electron chi connectivity index (χ2n) is 2.29. The monoisotopic (exact) mass is 194 g/mol. The van der Waals surface area contributed by atoms with Gasteiger partial charge in [0.2, 0.25) is 0 Å². The molecule has 0 aliphatic heterocycles. The lowest BCUT2D eigenvalue weighted by atomic mass is 10.2. The number of rotatable bonds is 1. The smallest absolute Gasteiger partial charge is 0.194 e. The van der Waals surface area contributed by atoms with Crippen molar-refractivity contribution in [3.8, 4) is 0 Å². The molecule has 0 spiro atoms. The predicted octanol–water partition coefficient (Wildman–Crippen LogP) is 0.291. The molecule has 0 atom stereocenters. The van der Waals surface area contributed by atoms with Crippen LogP contribution in [0.1, 0.15) is 5.56 Å². The SMILES string of the molecule is CNC(=S)/N=C(\N)c1ccncc1. The van der Waals surface area contributed by atoms with Gasteiger partial charge in [0.25, 0.3) is 0 Å². The van der Waals surface area contributed by atoms with Crippen LogP contribution >= 0.6 is 12.2 Å². The van der Waals surface area contributed by atoms with Gasteiger partial charge in [-0.2, -0.15) is 0 Å². The second kappa shape index (κ2) is 4.51. The van der Waals surface area contributed by atoms with Gasteiger partial charge in [-0.15, -0.1) is 0 Å². The van der Waals surface area contributed by atoms with E-state index >= 15 is 0 Å². The van der Waals surface area contributed by atoms with Crippen molar-refractivity contribution in [2.75, 3.05) is 7.05 Å². The van der Waals surface area contributed by atoms with Gasteiger partial charge in [0.1, 0.15) is 5.84 Å². The number of nitrogens with one attached hydrogen (secondary N) is 1. The standard InChI is InChI=1S/C8H10N4S/c1-10-8(13)12-7(9)6-2-4-11-5-3-6/h2-5H,1H3,(H3,9,10,12,13). The number of amidine groups is 1. The minimum Gasteiger partial charge on any atom is -0.383 e. The molecule has 68 valence electrons. The Morgan fingerprint density at radius 3 is 2.69 bits per heavy atom. The fourth-order valence-corrected chi connectivity index (χ4v) is 0.851. The molecule has 1 aromatic heterocycles. The molecule has 1 rings (SSSR count). The minimum absolute atomic E-state index is 0.370. The van der Waals surface area contributed by atoms with Gasteiger partial charge in [-0.3, -0.25) is 4.98 Å². The summed E-state index contributed by atoms with van der Waals surface area (Å²) in [5.74, 6) is 0.391. The number of aromatic nitrogens is 1. The van der Waals surface area contributed by atoms with E-state index in [9.17, 15) is 0 Å². The van der Waals surface area contributed by atoms with Gasteiger partial charge in [0.05, 0.1) is 0 Å². The van der Waals surface area contributed by atoms with E-state index in [-0.39, 0.29) is 0 Å². The van der Waals surface area contributed by atoms with E-state index in [2.05, 4.69) is 15.3 Å². The summed E-state index contributed by atoms with van der Waals surface area (Å²) in [5.41, 5.74) is 6.48. The van der Waals surface area contributed by atoms with E-state index in [0.29, 0.717) is 10.9 Å². The van der Waals surface area contributed by atoms with Gasteiger partial charge in [-0.25, -0.2) is 4.99 Å². The van der Waals surface area contributed by atoms with Gasteiger partial charge < -0.3 is 11.1 Å². The van der Waals surface area contributed by atoms with E-state index in [1.54, 1.807) is 31.6 Å². The molecule has 1 aromatic rings. The zero-order valence-corrected chi connectivity index (χ0v) is 8.01. The number of aliphatic imine (C=N–C) groups is 1. The van der Waals surface area contributed by atoms with Crippen LogP contribution in [0.2, 0.25) is 0 Å². The molecule has 0 radical (unpaired) electrons. The quantitative estimate of drug-likeness (QED) is 0.383. The summed E-state index contributed by atoms with van der Waals surface area (Å²) in [4.78, 5) is 7.82. The van der Waals surface area contributed by atoms with Crippen LogP contribution in [-0.2, 0) is 0 Å². The van der Waals surface area contributed by atoms with Crippen LogP contribution in [0.3, 0.4) is 0 Å². The van der Waals surface area contributed by atoms with Crippen molar-refractivity contribution in [2.45, 2.75) is 0 Å². The minimum atomic E-state index is 0.370. The topological polar surface area (TPSA) is 63.3 Å². The zero-order valence-electron chi connectivity index (χ0n) is 7.19. The number of hydrogen-bond acceptors (Lipinski definition) is 2. The first kappa shape index (κ1) is 9.60. The highest BCUT2D eigenvalue weighted by Gasteiger charge is 1.97. The van der Waals surface area contributed by atoms with Crippen molar-refractivity contribution in [3.63, 3.8) is 0 Å². The van der Waals surface area contributed by atoms with Crippen LogP contribution in [-0.4, -0.2) is 23.0 Å². The van der Waals surface area contributed by atoms with Crippen LogP contribution in [0.4, 0.5) is 0 Å². The first-order chi connectivity index (χ1) is 6.24. The number of thiocarbonyl (C=S) groups is 1. The van der Waals surface area contributed by atoms with Crippen LogP contribution < -0.4 is 11.1 Å². The molecule has 0 bridgehead atoms. The zero-order chi connectivity index (χ0) is 9.68. The Balaban J connectivity index is 2.85.